The number of ether oxygens (including phenoxy) is 1. The summed E-state index contributed by atoms with van der Waals surface area (Å²) in [6.45, 7) is 3.22. The number of nitrogens with zero attached hydrogens (tertiary/aromatic N) is 1. The standard InChI is InChI=1S/C28H26N2O5/c1-28(2,26(33)30-23-14-8-3-9-17(23)15-24(30)25(31)32)29-27(34)35-16-22-20-12-6-4-10-18(20)19-11-5-7-13-21(19)22/h3-14,22,24H,15-16H2,1-2H3,(H,29,34)(H,31,32)/t24-/m0/s1. The number of anilines is 1. The fourth-order valence-electron chi connectivity index (χ4n) is 5.08. The summed E-state index contributed by atoms with van der Waals surface area (Å²) < 4.78 is 5.59. The zero-order valence-electron chi connectivity index (χ0n) is 19.5. The Balaban J connectivity index is 1.30. The van der Waals surface area contributed by atoms with Crippen LogP contribution in [-0.4, -0.2) is 41.3 Å². The number of carboxylic acid groups (broad SMARTS) is 1. The molecule has 1 atom stereocenters. The van der Waals surface area contributed by atoms with Gasteiger partial charge in [0.2, 0.25) is 0 Å². The molecule has 5 rings (SSSR count). The SMILES string of the molecule is CC(C)(NC(=O)OCC1c2ccccc2-c2ccccc21)C(=O)N1c2ccccc2C[C@H]1C(=O)O. The van der Waals surface area contributed by atoms with Gasteiger partial charge in [-0.2, -0.15) is 0 Å². The van der Waals surface area contributed by atoms with E-state index in [2.05, 4.69) is 17.4 Å². The van der Waals surface area contributed by atoms with Crippen molar-refractivity contribution >= 4 is 23.7 Å². The van der Waals surface area contributed by atoms with E-state index < -0.39 is 29.6 Å². The van der Waals surface area contributed by atoms with E-state index in [0.717, 1.165) is 27.8 Å². The van der Waals surface area contributed by atoms with Gasteiger partial charge in [0.25, 0.3) is 5.91 Å². The Labute approximate surface area is 203 Å². The normalized spacial score (nSPS) is 16.3. The number of carbonyl (C=O) groups excluding carboxylic acids is 2. The molecule has 1 aliphatic carbocycles. The van der Waals surface area contributed by atoms with E-state index in [1.807, 2.05) is 48.5 Å². The first-order valence-corrected chi connectivity index (χ1v) is 11.6. The second-order valence-corrected chi connectivity index (χ2v) is 9.44. The summed E-state index contributed by atoms with van der Waals surface area (Å²) in [4.78, 5) is 39.4. The maximum absolute atomic E-state index is 13.5. The molecule has 2 amide bonds. The van der Waals surface area contributed by atoms with E-state index in [1.54, 1.807) is 26.0 Å². The monoisotopic (exact) mass is 470 g/mol. The Morgan fingerprint density at radius 3 is 2.14 bits per heavy atom. The van der Waals surface area contributed by atoms with Gasteiger partial charge in [0.05, 0.1) is 0 Å². The molecule has 0 aromatic heterocycles. The Kier molecular flexibility index (Phi) is 5.55. The first-order chi connectivity index (χ1) is 16.8. The number of benzene rings is 3. The molecular formula is C28H26N2O5. The van der Waals surface area contributed by atoms with Gasteiger partial charge in [-0.3, -0.25) is 9.69 Å². The van der Waals surface area contributed by atoms with Crippen LogP contribution in [0.2, 0.25) is 0 Å². The summed E-state index contributed by atoms with van der Waals surface area (Å²) in [5.74, 6) is -1.70. The third-order valence-corrected chi connectivity index (χ3v) is 6.77. The van der Waals surface area contributed by atoms with E-state index in [9.17, 15) is 19.5 Å². The summed E-state index contributed by atoms with van der Waals surface area (Å²) in [6.07, 6.45) is -0.511. The maximum atomic E-state index is 13.5. The van der Waals surface area contributed by atoms with Crippen LogP contribution in [0, 0.1) is 0 Å². The topological polar surface area (TPSA) is 95.9 Å². The summed E-state index contributed by atoms with van der Waals surface area (Å²) >= 11 is 0. The first-order valence-electron chi connectivity index (χ1n) is 11.6. The molecular weight excluding hydrogens is 444 g/mol. The van der Waals surface area contributed by atoms with Crippen LogP contribution in [0.25, 0.3) is 11.1 Å². The molecule has 178 valence electrons. The van der Waals surface area contributed by atoms with Crippen LogP contribution in [0.3, 0.4) is 0 Å². The molecule has 7 nitrogen and oxygen atoms in total. The van der Waals surface area contributed by atoms with Gasteiger partial charge in [0, 0.05) is 18.0 Å². The molecule has 2 aliphatic rings. The number of carboxylic acids is 1. The third kappa shape index (κ3) is 3.93. The van der Waals surface area contributed by atoms with Crippen molar-refractivity contribution in [1.82, 2.24) is 5.32 Å². The van der Waals surface area contributed by atoms with Crippen LogP contribution < -0.4 is 10.2 Å². The Morgan fingerprint density at radius 2 is 1.51 bits per heavy atom. The molecule has 0 radical (unpaired) electrons. The highest BCUT2D eigenvalue weighted by atomic mass is 16.5. The van der Waals surface area contributed by atoms with Gasteiger partial charge in [-0.15, -0.1) is 0 Å². The van der Waals surface area contributed by atoms with E-state index in [1.165, 1.54) is 4.90 Å². The molecule has 1 aliphatic heterocycles. The van der Waals surface area contributed by atoms with Gasteiger partial charge in [-0.1, -0.05) is 66.7 Å². The molecule has 0 unspecified atom stereocenters. The van der Waals surface area contributed by atoms with Gasteiger partial charge < -0.3 is 15.2 Å². The van der Waals surface area contributed by atoms with Crippen molar-refractivity contribution in [3.8, 4) is 11.1 Å². The first kappa shape index (κ1) is 22.7. The summed E-state index contributed by atoms with van der Waals surface area (Å²) in [5, 5.41) is 12.4. The van der Waals surface area contributed by atoms with Crippen molar-refractivity contribution in [3.05, 3.63) is 89.5 Å². The molecule has 2 N–H and O–H groups in total. The number of hydrogen-bond donors (Lipinski definition) is 2. The molecule has 0 saturated heterocycles. The number of rotatable bonds is 5. The predicted octanol–water partition coefficient (Wildman–Crippen LogP) is 4.35. The molecule has 0 bridgehead atoms. The van der Waals surface area contributed by atoms with Crippen molar-refractivity contribution in [2.75, 3.05) is 11.5 Å². The number of carbonyl (C=O) groups is 3. The second kappa shape index (κ2) is 8.58. The van der Waals surface area contributed by atoms with E-state index in [0.29, 0.717) is 5.69 Å². The predicted molar refractivity (Wildman–Crippen MR) is 131 cm³/mol. The Morgan fingerprint density at radius 1 is 0.943 bits per heavy atom. The maximum Gasteiger partial charge on any atom is 0.408 e. The van der Waals surface area contributed by atoms with Gasteiger partial charge >= 0.3 is 12.1 Å². The van der Waals surface area contributed by atoms with Crippen LogP contribution in [-0.2, 0) is 20.7 Å². The van der Waals surface area contributed by atoms with Gasteiger partial charge in [-0.25, -0.2) is 9.59 Å². The third-order valence-electron chi connectivity index (χ3n) is 6.77. The Hall–Kier alpha value is -4.13. The van der Waals surface area contributed by atoms with E-state index in [-0.39, 0.29) is 18.9 Å². The highest BCUT2D eigenvalue weighted by Gasteiger charge is 2.44. The fraction of sp³-hybridized carbons (Fsp3) is 0.250. The molecule has 0 spiro atoms. The minimum absolute atomic E-state index is 0.103. The minimum atomic E-state index is -1.38. The van der Waals surface area contributed by atoms with Crippen LogP contribution in [0.5, 0.6) is 0 Å². The summed E-state index contributed by atoms with van der Waals surface area (Å²) in [7, 11) is 0. The van der Waals surface area contributed by atoms with Crippen molar-refractivity contribution in [3.63, 3.8) is 0 Å². The average Bonchev–Trinajstić information content (AvgIpc) is 3.38. The molecule has 7 heteroatoms. The number of amides is 2. The minimum Gasteiger partial charge on any atom is -0.480 e. The highest BCUT2D eigenvalue weighted by Crippen LogP contribution is 2.44. The number of aliphatic carboxylic acids is 1. The molecule has 0 saturated carbocycles. The molecule has 1 heterocycles. The van der Waals surface area contributed by atoms with E-state index >= 15 is 0 Å². The largest absolute Gasteiger partial charge is 0.480 e. The lowest BCUT2D eigenvalue weighted by atomic mass is 9.98. The fourth-order valence-corrected chi connectivity index (χ4v) is 5.08. The number of fused-ring (bicyclic) bond motifs is 4. The van der Waals surface area contributed by atoms with Crippen molar-refractivity contribution < 1.29 is 24.2 Å². The van der Waals surface area contributed by atoms with Gasteiger partial charge in [0.1, 0.15) is 18.2 Å². The molecule has 3 aromatic carbocycles. The lowest BCUT2D eigenvalue weighted by Gasteiger charge is -2.32. The van der Waals surface area contributed by atoms with Crippen LogP contribution in [0.1, 0.15) is 36.5 Å². The van der Waals surface area contributed by atoms with Crippen LogP contribution >= 0.6 is 0 Å². The molecule has 35 heavy (non-hydrogen) atoms. The zero-order chi connectivity index (χ0) is 24.7. The quantitative estimate of drug-likeness (QED) is 0.578. The highest BCUT2D eigenvalue weighted by molar-refractivity contribution is 6.07. The second-order valence-electron chi connectivity index (χ2n) is 9.44. The van der Waals surface area contributed by atoms with Crippen molar-refractivity contribution in [2.45, 2.75) is 37.8 Å². The van der Waals surface area contributed by atoms with Gasteiger partial charge in [-0.05, 0) is 47.7 Å². The van der Waals surface area contributed by atoms with Crippen molar-refractivity contribution in [1.29, 1.82) is 0 Å². The zero-order valence-corrected chi connectivity index (χ0v) is 19.5. The number of hydrogen-bond acceptors (Lipinski definition) is 4. The van der Waals surface area contributed by atoms with E-state index in [4.69, 9.17) is 4.74 Å². The summed E-state index contributed by atoms with van der Waals surface area (Å²) in [5.41, 5.74) is 4.38. The molecule has 0 fully saturated rings. The average molecular weight is 471 g/mol. The Bertz CT molecular complexity index is 1290. The van der Waals surface area contributed by atoms with Crippen LogP contribution in [0.15, 0.2) is 72.8 Å². The number of nitrogens with one attached hydrogen (secondary N) is 1. The lowest BCUT2D eigenvalue weighted by molar-refractivity contribution is -0.140. The van der Waals surface area contributed by atoms with Gasteiger partial charge in [0.15, 0.2) is 0 Å². The summed E-state index contributed by atoms with van der Waals surface area (Å²) in [6, 6.07) is 22.2. The van der Waals surface area contributed by atoms with Crippen LogP contribution in [0.4, 0.5) is 10.5 Å². The number of alkyl carbamates (subject to hydrolysis) is 1. The van der Waals surface area contributed by atoms with Crippen molar-refractivity contribution in [2.24, 2.45) is 0 Å². The smallest absolute Gasteiger partial charge is 0.408 e. The molecule has 3 aromatic rings. The number of para-hydroxylation sites is 1. The lowest BCUT2D eigenvalue weighted by Crippen LogP contribution is -2.59.